The van der Waals surface area contributed by atoms with Crippen LogP contribution >= 0.6 is 0 Å². The smallest absolute Gasteiger partial charge is 0.0605 e. The lowest BCUT2D eigenvalue weighted by Crippen LogP contribution is -2.36. The first-order valence-electron chi connectivity index (χ1n) is 7.85. The van der Waals surface area contributed by atoms with Gasteiger partial charge in [-0.05, 0) is 56.9 Å². The highest BCUT2D eigenvalue weighted by molar-refractivity contribution is 5.33. The molecule has 0 spiro atoms. The van der Waals surface area contributed by atoms with E-state index in [0.717, 1.165) is 24.6 Å². The Balaban J connectivity index is 1.84. The molecule has 0 saturated carbocycles. The minimum absolute atomic E-state index is 0.848. The van der Waals surface area contributed by atoms with Crippen molar-refractivity contribution in [1.82, 2.24) is 10.2 Å². The van der Waals surface area contributed by atoms with Crippen LogP contribution in [0, 0.1) is 17.8 Å². The van der Waals surface area contributed by atoms with E-state index in [0.29, 0.717) is 0 Å². The summed E-state index contributed by atoms with van der Waals surface area (Å²) in [6.45, 7) is 7.87. The van der Waals surface area contributed by atoms with Crippen molar-refractivity contribution in [3.05, 3.63) is 35.9 Å². The highest BCUT2D eigenvalue weighted by Gasteiger charge is 2.15. The molecule has 2 heteroatoms. The normalized spacial score (nSPS) is 15.9. The minimum Gasteiger partial charge on any atom is -0.317 e. The molecule has 0 amide bonds. The van der Waals surface area contributed by atoms with Crippen LogP contribution in [0.1, 0.15) is 31.7 Å². The van der Waals surface area contributed by atoms with E-state index in [1.54, 1.807) is 0 Å². The van der Waals surface area contributed by atoms with Crippen LogP contribution in [0.4, 0.5) is 0 Å². The van der Waals surface area contributed by atoms with Gasteiger partial charge >= 0.3 is 0 Å². The number of rotatable bonds is 5. The van der Waals surface area contributed by atoms with Crippen molar-refractivity contribution in [1.29, 1.82) is 0 Å². The molecule has 1 aliphatic rings. The average Bonchev–Trinajstić information content (AvgIpc) is 2.49. The largest absolute Gasteiger partial charge is 0.317 e. The highest BCUT2D eigenvalue weighted by atomic mass is 15.1. The number of benzene rings is 1. The van der Waals surface area contributed by atoms with Gasteiger partial charge in [-0.1, -0.05) is 37.0 Å². The van der Waals surface area contributed by atoms with Crippen LogP contribution in [0.5, 0.6) is 0 Å². The Kier molecular flexibility index (Phi) is 6.63. The maximum atomic E-state index is 3.44. The molecular formula is C18H26N2. The predicted octanol–water partition coefficient (Wildman–Crippen LogP) is 2.75. The second-order valence-corrected chi connectivity index (χ2v) is 5.60. The summed E-state index contributed by atoms with van der Waals surface area (Å²) in [5, 5.41) is 3.44. The summed E-state index contributed by atoms with van der Waals surface area (Å²) in [6, 6.07) is 10.3. The molecule has 0 atom stereocenters. The Morgan fingerprint density at radius 3 is 2.65 bits per heavy atom. The maximum Gasteiger partial charge on any atom is 0.0605 e. The Labute approximate surface area is 123 Å². The van der Waals surface area contributed by atoms with Crippen LogP contribution in [0.3, 0.4) is 0 Å². The van der Waals surface area contributed by atoms with E-state index in [1.165, 1.54) is 38.9 Å². The number of nitrogens with zero attached hydrogens (tertiary/aromatic N) is 1. The van der Waals surface area contributed by atoms with Gasteiger partial charge in [0.15, 0.2) is 0 Å². The zero-order chi connectivity index (χ0) is 14.0. The van der Waals surface area contributed by atoms with Crippen LogP contribution in [0.2, 0.25) is 0 Å². The quantitative estimate of drug-likeness (QED) is 0.828. The summed E-state index contributed by atoms with van der Waals surface area (Å²) in [7, 11) is 0. The molecule has 1 saturated heterocycles. The molecule has 108 valence electrons. The van der Waals surface area contributed by atoms with Crippen LogP contribution in [-0.2, 0) is 0 Å². The first-order chi connectivity index (χ1) is 9.88. The van der Waals surface area contributed by atoms with E-state index in [1.807, 2.05) is 18.2 Å². The predicted molar refractivity (Wildman–Crippen MR) is 85.6 cm³/mol. The van der Waals surface area contributed by atoms with Gasteiger partial charge in [-0.25, -0.2) is 0 Å². The van der Waals surface area contributed by atoms with Crippen LogP contribution in [0.25, 0.3) is 0 Å². The van der Waals surface area contributed by atoms with E-state index in [4.69, 9.17) is 0 Å². The Hall–Kier alpha value is -1.30. The molecule has 2 nitrogen and oxygen atoms in total. The fourth-order valence-corrected chi connectivity index (χ4v) is 2.76. The first-order valence-corrected chi connectivity index (χ1v) is 7.85. The molecule has 1 N–H and O–H groups in total. The van der Waals surface area contributed by atoms with E-state index in [2.05, 4.69) is 41.1 Å². The summed E-state index contributed by atoms with van der Waals surface area (Å²) in [5.74, 6) is 7.45. The van der Waals surface area contributed by atoms with Crippen molar-refractivity contribution in [2.45, 2.75) is 26.2 Å². The third-order valence-corrected chi connectivity index (χ3v) is 3.82. The van der Waals surface area contributed by atoms with Crippen molar-refractivity contribution in [2.75, 3.05) is 32.7 Å². The second-order valence-electron chi connectivity index (χ2n) is 5.60. The van der Waals surface area contributed by atoms with Gasteiger partial charge in [0.1, 0.15) is 0 Å². The maximum absolute atomic E-state index is 3.44. The average molecular weight is 270 g/mol. The van der Waals surface area contributed by atoms with E-state index in [9.17, 15) is 0 Å². The standard InChI is InChI=1S/C18H26N2/c1-2-14-20(16-18-10-12-19-13-11-18)15-6-9-17-7-4-3-5-8-17/h3-5,7-8,18-19H,2,10-16H2,1H3. The highest BCUT2D eigenvalue weighted by Crippen LogP contribution is 2.13. The van der Waals surface area contributed by atoms with Gasteiger partial charge in [0.2, 0.25) is 0 Å². The van der Waals surface area contributed by atoms with E-state index in [-0.39, 0.29) is 0 Å². The minimum atomic E-state index is 0.848. The Morgan fingerprint density at radius 2 is 1.95 bits per heavy atom. The molecule has 1 fully saturated rings. The zero-order valence-corrected chi connectivity index (χ0v) is 12.6. The van der Waals surface area contributed by atoms with Crippen molar-refractivity contribution >= 4 is 0 Å². The molecule has 0 bridgehead atoms. The van der Waals surface area contributed by atoms with Crippen molar-refractivity contribution < 1.29 is 0 Å². The fourth-order valence-electron chi connectivity index (χ4n) is 2.76. The number of hydrogen-bond acceptors (Lipinski definition) is 2. The van der Waals surface area contributed by atoms with E-state index < -0.39 is 0 Å². The monoisotopic (exact) mass is 270 g/mol. The summed E-state index contributed by atoms with van der Waals surface area (Å²) in [4.78, 5) is 2.52. The number of piperidine rings is 1. The topological polar surface area (TPSA) is 15.3 Å². The zero-order valence-electron chi connectivity index (χ0n) is 12.6. The molecule has 0 aliphatic carbocycles. The first kappa shape index (κ1) is 15.1. The lowest BCUT2D eigenvalue weighted by atomic mass is 9.97. The Bertz CT molecular complexity index is 424. The Morgan fingerprint density at radius 1 is 1.20 bits per heavy atom. The third-order valence-electron chi connectivity index (χ3n) is 3.82. The summed E-state index contributed by atoms with van der Waals surface area (Å²) < 4.78 is 0. The lowest BCUT2D eigenvalue weighted by molar-refractivity contribution is 0.225. The molecule has 0 unspecified atom stereocenters. The van der Waals surface area contributed by atoms with Crippen molar-refractivity contribution in [3.8, 4) is 11.8 Å². The van der Waals surface area contributed by atoms with Crippen LogP contribution in [0.15, 0.2) is 30.3 Å². The van der Waals surface area contributed by atoms with Crippen molar-refractivity contribution in [3.63, 3.8) is 0 Å². The van der Waals surface area contributed by atoms with Gasteiger partial charge in [-0.15, -0.1) is 0 Å². The van der Waals surface area contributed by atoms with Gasteiger partial charge < -0.3 is 5.32 Å². The van der Waals surface area contributed by atoms with Crippen LogP contribution in [-0.4, -0.2) is 37.6 Å². The van der Waals surface area contributed by atoms with Gasteiger partial charge in [0, 0.05) is 12.1 Å². The third kappa shape index (κ3) is 5.36. The number of hydrogen-bond donors (Lipinski definition) is 1. The SMILES string of the molecule is CCCN(CC#Cc1ccccc1)CC1CCNCC1. The summed E-state index contributed by atoms with van der Waals surface area (Å²) in [5.41, 5.74) is 1.12. The van der Waals surface area contributed by atoms with Gasteiger partial charge in [-0.3, -0.25) is 4.90 Å². The summed E-state index contributed by atoms with van der Waals surface area (Å²) in [6.07, 6.45) is 3.83. The number of nitrogens with one attached hydrogen (secondary N) is 1. The molecule has 0 radical (unpaired) electrons. The van der Waals surface area contributed by atoms with Gasteiger partial charge in [0.25, 0.3) is 0 Å². The van der Waals surface area contributed by atoms with E-state index >= 15 is 0 Å². The molecule has 1 aromatic rings. The fraction of sp³-hybridized carbons (Fsp3) is 0.556. The van der Waals surface area contributed by atoms with Gasteiger partial charge in [0.05, 0.1) is 6.54 Å². The van der Waals surface area contributed by atoms with Crippen LogP contribution < -0.4 is 5.32 Å². The summed E-state index contributed by atoms with van der Waals surface area (Å²) >= 11 is 0. The molecule has 1 aliphatic heterocycles. The molecule has 0 aromatic heterocycles. The lowest BCUT2D eigenvalue weighted by Gasteiger charge is -2.28. The van der Waals surface area contributed by atoms with Gasteiger partial charge in [-0.2, -0.15) is 0 Å². The molecular weight excluding hydrogens is 244 g/mol. The molecule has 20 heavy (non-hydrogen) atoms. The molecule has 1 heterocycles. The molecule has 2 rings (SSSR count). The molecule has 1 aromatic carbocycles. The second kappa shape index (κ2) is 8.79. The van der Waals surface area contributed by atoms with Crippen molar-refractivity contribution in [2.24, 2.45) is 5.92 Å².